The van der Waals surface area contributed by atoms with Gasteiger partial charge in [0.25, 0.3) is 0 Å². The molecular formula is C15H29N. The van der Waals surface area contributed by atoms with Gasteiger partial charge in [-0.2, -0.15) is 0 Å². The summed E-state index contributed by atoms with van der Waals surface area (Å²) < 4.78 is 0. The molecule has 0 amide bonds. The summed E-state index contributed by atoms with van der Waals surface area (Å²) in [5.74, 6) is 1.89. The van der Waals surface area contributed by atoms with Crippen LogP contribution in [0, 0.1) is 11.8 Å². The van der Waals surface area contributed by atoms with E-state index in [1.54, 1.807) is 0 Å². The minimum atomic E-state index is 0.672. The van der Waals surface area contributed by atoms with Gasteiger partial charge in [0.15, 0.2) is 0 Å². The van der Waals surface area contributed by atoms with E-state index < -0.39 is 0 Å². The number of hydrogen-bond donors (Lipinski definition) is 1. The lowest BCUT2D eigenvalue weighted by molar-refractivity contribution is 0.221. The van der Waals surface area contributed by atoms with Crippen molar-refractivity contribution >= 4 is 0 Å². The quantitative estimate of drug-likeness (QED) is 0.667. The van der Waals surface area contributed by atoms with Crippen molar-refractivity contribution < 1.29 is 0 Å². The van der Waals surface area contributed by atoms with Crippen molar-refractivity contribution in [3.05, 3.63) is 12.2 Å². The van der Waals surface area contributed by atoms with Crippen molar-refractivity contribution in [2.75, 3.05) is 7.05 Å². The van der Waals surface area contributed by atoms with Gasteiger partial charge in [-0.3, -0.25) is 0 Å². The van der Waals surface area contributed by atoms with Crippen molar-refractivity contribution in [1.29, 1.82) is 0 Å². The van der Waals surface area contributed by atoms with Gasteiger partial charge < -0.3 is 5.32 Å². The highest BCUT2D eigenvalue weighted by Gasteiger charge is 2.25. The van der Waals surface area contributed by atoms with Crippen LogP contribution in [0.25, 0.3) is 0 Å². The van der Waals surface area contributed by atoms with Crippen molar-refractivity contribution in [2.45, 2.75) is 64.8 Å². The van der Waals surface area contributed by atoms with Gasteiger partial charge in [-0.05, 0) is 44.6 Å². The van der Waals surface area contributed by atoms with E-state index in [-0.39, 0.29) is 0 Å². The summed E-state index contributed by atoms with van der Waals surface area (Å²) in [5.41, 5.74) is 1.40. The third-order valence-electron chi connectivity index (χ3n) is 4.42. The Kier molecular flexibility index (Phi) is 6.12. The first-order valence-corrected chi connectivity index (χ1v) is 7.05. The van der Waals surface area contributed by atoms with Crippen LogP contribution in [0.4, 0.5) is 0 Å². The summed E-state index contributed by atoms with van der Waals surface area (Å²) >= 11 is 0. The molecule has 0 aromatic rings. The normalized spacial score (nSPS) is 27.7. The van der Waals surface area contributed by atoms with Gasteiger partial charge >= 0.3 is 0 Å². The Bertz CT molecular complexity index is 201. The zero-order chi connectivity index (χ0) is 12.0. The highest BCUT2D eigenvalue weighted by molar-refractivity contribution is 4.98. The molecule has 0 bridgehead atoms. The van der Waals surface area contributed by atoms with Gasteiger partial charge in [-0.1, -0.05) is 45.3 Å². The second-order valence-corrected chi connectivity index (χ2v) is 5.39. The molecule has 0 spiro atoms. The molecule has 1 fully saturated rings. The maximum absolute atomic E-state index is 4.15. The highest BCUT2D eigenvalue weighted by atomic mass is 14.9. The van der Waals surface area contributed by atoms with Crippen molar-refractivity contribution in [3.8, 4) is 0 Å². The second-order valence-electron chi connectivity index (χ2n) is 5.39. The van der Waals surface area contributed by atoms with Gasteiger partial charge in [0.05, 0.1) is 0 Å². The fourth-order valence-electron chi connectivity index (χ4n) is 2.96. The SMILES string of the molecule is C=C(CC)CC(NC)C1CCC(CC)CC1. The second kappa shape index (κ2) is 7.11. The molecule has 0 radical (unpaired) electrons. The van der Waals surface area contributed by atoms with Crippen LogP contribution in [0.5, 0.6) is 0 Å². The lowest BCUT2D eigenvalue weighted by Crippen LogP contribution is -2.36. The lowest BCUT2D eigenvalue weighted by atomic mass is 9.76. The minimum absolute atomic E-state index is 0.672. The average Bonchev–Trinajstić information content (AvgIpc) is 2.35. The molecule has 0 aliphatic heterocycles. The summed E-state index contributed by atoms with van der Waals surface area (Å²) in [7, 11) is 2.11. The summed E-state index contributed by atoms with van der Waals surface area (Å²) in [6.07, 6.45) is 9.40. The molecular weight excluding hydrogens is 194 g/mol. The number of hydrogen-bond acceptors (Lipinski definition) is 1. The smallest absolute Gasteiger partial charge is 0.0129 e. The molecule has 0 heterocycles. The highest BCUT2D eigenvalue weighted by Crippen LogP contribution is 2.33. The molecule has 94 valence electrons. The molecule has 1 nitrogen and oxygen atoms in total. The number of nitrogens with one attached hydrogen (secondary N) is 1. The van der Waals surface area contributed by atoms with E-state index in [4.69, 9.17) is 0 Å². The molecule has 1 aliphatic carbocycles. The van der Waals surface area contributed by atoms with E-state index in [2.05, 4.69) is 32.8 Å². The fraction of sp³-hybridized carbons (Fsp3) is 0.867. The Hall–Kier alpha value is -0.300. The molecule has 1 atom stereocenters. The van der Waals surface area contributed by atoms with Crippen LogP contribution in [0.1, 0.15) is 58.8 Å². The topological polar surface area (TPSA) is 12.0 Å². The summed E-state index contributed by atoms with van der Waals surface area (Å²) in [5, 5.41) is 3.51. The molecule has 0 aromatic heterocycles. The maximum Gasteiger partial charge on any atom is 0.0129 e. The summed E-state index contributed by atoms with van der Waals surface area (Å²) in [6, 6.07) is 0.672. The van der Waals surface area contributed by atoms with Gasteiger partial charge in [0, 0.05) is 6.04 Å². The average molecular weight is 223 g/mol. The van der Waals surface area contributed by atoms with Crippen LogP contribution in [-0.4, -0.2) is 13.1 Å². The number of rotatable bonds is 6. The molecule has 16 heavy (non-hydrogen) atoms. The predicted molar refractivity (Wildman–Crippen MR) is 72.6 cm³/mol. The Balaban J connectivity index is 2.39. The molecule has 0 saturated heterocycles. The molecule has 1 unspecified atom stereocenters. The van der Waals surface area contributed by atoms with Crippen molar-refractivity contribution in [3.63, 3.8) is 0 Å². The van der Waals surface area contributed by atoms with E-state index in [9.17, 15) is 0 Å². The van der Waals surface area contributed by atoms with E-state index in [1.807, 2.05) is 0 Å². The Labute approximate surface area is 102 Å². The minimum Gasteiger partial charge on any atom is -0.316 e. The van der Waals surface area contributed by atoms with Crippen LogP contribution in [0.3, 0.4) is 0 Å². The monoisotopic (exact) mass is 223 g/mol. The third kappa shape index (κ3) is 3.93. The molecule has 1 heteroatoms. The van der Waals surface area contributed by atoms with Crippen LogP contribution in [0.15, 0.2) is 12.2 Å². The maximum atomic E-state index is 4.15. The predicted octanol–water partition coefficient (Wildman–Crippen LogP) is 4.15. The molecule has 1 aliphatic rings. The Morgan fingerprint density at radius 2 is 1.88 bits per heavy atom. The summed E-state index contributed by atoms with van der Waals surface area (Å²) in [4.78, 5) is 0. The van der Waals surface area contributed by atoms with E-state index in [0.29, 0.717) is 6.04 Å². The van der Waals surface area contributed by atoms with Gasteiger partial charge in [0.1, 0.15) is 0 Å². The van der Waals surface area contributed by atoms with E-state index in [0.717, 1.165) is 18.3 Å². The molecule has 1 rings (SSSR count). The van der Waals surface area contributed by atoms with E-state index in [1.165, 1.54) is 44.1 Å². The zero-order valence-corrected chi connectivity index (χ0v) is 11.4. The standard InChI is InChI=1S/C15H29N/c1-5-12(3)11-15(16-4)14-9-7-13(6-2)8-10-14/h13-16H,3,5-11H2,1-2,4H3. The van der Waals surface area contributed by atoms with E-state index >= 15 is 0 Å². The van der Waals surface area contributed by atoms with Crippen LogP contribution >= 0.6 is 0 Å². The van der Waals surface area contributed by atoms with Crippen LogP contribution < -0.4 is 5.32 Å². The van der Waals surface area contributed by atoms with Crippen LogP contribution in [-0.2, 0) is 0 Å². The summed E-state index contributed by atoms with van der Waals surface area (Å²) in [6.45, 7) is 8.69. The first kappa shape index (κ1) is 13.8. The van der Waals surface area contributed by atoms with Gasteiger partial charge in [-0.15, -0.1) is 0 Å². The Morgan fingerprint density at radius 1 is 1.25 bits per heavy atom. The first-order valence-electron chi connectivity index (χ1n) is 7.05. The third-order valence-corrected chi connectivity index (χ3v) is 4.42. The largest absolute Gasteiger partial charge is 0.316 e. The van der Waals surface area contributed by atoms with Gasteiger partial charge in [0.2, 0.25) is 0 Å². The van der Waals surface area contributed by atoms with Crippen molar-refractivity contribution in [2.24, 2.45) is 11.8 Å². The lowest BCUT2D eigenvalue weighted by Gasteiger charge is -2.34. The fourth-order valence-corrected chi connectivity index (χ4v) is 2.96. The molecule has 0 aromatic carbocycles. The first-order chi connectivity index (χ1) is 7.71. The van der Waals surface area contributed by atoms with Crippen LogP contribution in [0.2, 0.25) is 0 Å². The van der Waals surface area contributed by atoms with Crippen molar-refractivity contribution in [1.82, 2.24) is 5.32 Å². The van der Waals surface area contributed by atoms with Gasteiger partial charge in [-0.25, -0.2) is 0 Å². The molecule has 1 saturated carbocycles. The Morgan fingerprint density at radius 3 is 2.31 bits per heavy atom. The molecule has 1 N–H and O–H groups in total. The zero-order valence-electron chi connectivity index (χ0n) is 11.4.